The molecule has 0 spiro atoms. The fraction of sp³-hybridized carbons (Fsp3) is 0.438. The van der Waals surface area contributed by atoms with E-state index >= 15 is 0 Å². The number of esters is 1. The Morgan fingerprint density at radius 1 is 1.26 bits per heavy atom. The monoisotopic (exact) mass is 401 g/mol. The van der Waals surface area contributed by atoms with E-state index in [1.807, 2.05) is 5.32 Å². The minimum atomic E-state index is -4.01. The van der Waals surface area contributed by atoms with E-state index in [0.29, 0.717) is 13.0 Å². The van der Waals surface area contributed by atoms with Crippen molar-refractivity contribution in [2.75, 3.05) is 19.7 Å². The third-order valence-corrected chi connectivity index (χ3v) is 5.75. The lowest BCUT2D eigenvalue weighted by Crippen LogP contribution is -2.44. The molecular formula is C16H20FN3O6S. The topological polar surface area (TPSA) is 122 Å². The Morgan fingerprint density at radius 2 is 1.93 bits per heavy atom. The Kier molecular flexibility index (Phi) is 6.86. The number of rotatable bonds is 6. The summed E-state index contributed by atoms with van der Waals surface area (Å²) in [5, 5.41) is 4.31. The van der Waals surface area contributed by atoms with Gasteiger partial charge in [0, 0.05) is 13.1 Å². The van der Waals surface area contributed by atoms with E-state index in [0.717, 1.165) is 28.6 Å². The molecule has 1 fully saturated rings. The van der Waals surface area contributed by atoms with Crippen LogP contribution in [0, 0.1) is 5.82 Å². The number of benzene rings is 1. The number of urea groups is 1. The molecule has 148 valence electrons. The van der Waals surface area contributed by atoms with Crippen molar-refractivity contribution in [3.8, 4) is 0 Å². The first kappa shape index (κ1) is 20.8. The van der Waals surface area contributed by atoms with Gasteiger partial charge in [0.15, 0.2) is 6.61 Å². The number of carbonyl (C=O) groups is 3. The van der Waals surface area contributed by atoms with Crippen LogP contribution < -0.4 is 10.6 Å². The number of halogens is 1. The summed E-state index contributed by atoms with van der Waals surface area (Å²) >= 11 is 0. The van der Waals surface area contributed by atoms with Gasteiger partial charge in [0.1, 0.15) is 11.9 Å². The van der Waals surface area contributed by atoms with Gasteiger partial charge in [0.25, 0.3) is 5.91 Å². The molecule has 0 aromatic heterocycles. The highest BCUT2D eigenvalue weighted by atomic mass is 32.2. The SMILES string of the molecule is CCNC(=O)NC(=O)COC(=O)[C@@H]1CCCN1S(=O)(=O)c1ccc(F)cc1. The van der Waals surface area contributed by atoms with Crippen molar-refractivity contribution in [1.29, 1.82) is 0 Å². The Bertz CT molecular complexity index is 812. The van der Waals surface area contributed by atoms with Crippen LogP contribution in [-0.2, 0) is 24.3 Å². The summed E-state index contributed by atoms with van der Waals surface area (Å²) in [6, 6.07) is 2.46. The molecule has 1 aliphatic rings. The molecule has 9 nitrogen and oxygen atoms in total. The van der Waals surface area contributed by atoms with Gasteiger partial charge >= 0.3 is 12.0 Å². The average molecular weight is 401 g/mol. The molecule has 0 saturated carbocycles. The van der Waals surface area contributed by atoms with Crippen molar-refractivity contribution in [1.82, 2.24) is 14.9 Å². The van der Waals surface area contributed by atoms with Gasteiger partial charge in [0.05, 0.1) is 4.90 Å². The van der Waals surface area contributed by atoms with E-state index in [4.69, 9.17) is 4.74 Å². The Hall–Kier alpha value is -2.53. The second-order valence-electron chi connectivity index (χ2n) is 5.74. The van der Waals surface area contributed by atoms with Gasteiger partial charge in [-0.05, 0) is 44.0 Å². The third-order valence-electron chi connectivity index (χ3n) is 3.83. The lowest BCUT2D eigenvalue weighted by atomic mass is 10.2. The highest BCUT2D eigenvalue weighted by Crippen LogP contribution is 2.27. The molecule has 1 aromatic rings. The number of imide groups is 1. The number of amides is 3. The molecule has 27 heavy (non-hydrogen) atoms. The number of hydrogen-bond donors (Lipinski definition) is 2. The van der Waals surface area contributed by atoms with E-state index in [1.54, 1.807) is 6.92 Å². The minimum Gasteiger partial charge on any atom is -0.454 e. The fourth-order valence-corrected chi connectivity index (χ4v) is 4.25. The summed E-state index contributed by atoms with van der Waals surface area (Å²) in [6.07, 6.45) is 0.669. The van der Waals surface area contributed by atoms with Crippen molar-refractivity contribution < 1.29 is 31.9 Å². The fourth-order valence-electron chi connectivity index (χ4n) is 2.61. The van der Waals surface area contributed by atoms with Crippen LogP contribution in [0.5, 0.6) is 0 Å². The van der Waals surface area contributed by atoms with Crippen LogP contribution in [0.15, 0.2) is 29.2 Å². The van der Waals surface area contributed by atoms with Crippen molar-refractivity contribution in [3.63, 3.8) is 0 Å². The van der Waals surface area contributed by atoms with E-state index in [2.05, 4.69) is 5.32 Å². The van der Waals surface area contributed by atoms with Crippen molar-refractivity contribution >= 4 is 27.9 Å². The summed E-state index contributed by atoms with van der Waals surface area (Å²) in [4.78, 5) is 34.9. The predicted octanol–water partition coefficient (Wildman–Crippen LogP) is 0.368. The number of ether oxygens (including phenoxy) is 1. The molecule has 2 rings (SSSR count). The van der Waals surface area contributed by atoms with Gasteiger partial charge in [-0.1, -0.05) is 0 Å². The van der Waals surface area contributed by atoms with E-state index in [-0.39, 0.29) is 17.9 Å². The quantitative estimate of drug-likeness (QED) is 0.664. The zero-order chi connectivity index (χ0) is 20.0. The average Bonchev–Trinajstić information content (AvgIpc) is 3.11. The van der Waals surface area contributed by atoms with E-state index < -0.39 is 46.4 Å². The van der Waals surface area contributed by atoms with Crippen LogP contribution in [0.4, 0.5) is 9.18 Å². The van der Waals surface area contributed by atoms with Gasteiger partial charge in [0.2, 0.25) is 10.0 Å². The summed E-state index contributed by atoms with van der Waals surface area (Å²) in [5.74, 6) is -2.30. The van der Waals surface area contributed by atoms with Crippen LogP contribution in [0.25, 0.3) is 0 Å². The van der Waals surface area contributed by atoms with Crippen molar-refractivity contribution in [2.24, 2.45) is 0 Å². The minimum absolute atomic E-state index is 0.102. The molecule has 0 bridgehead atoms. The molecule has 1 saturated heterocycles. The molecule has 0 unspecified atom stereocenters. The maximum absolute atomic E-state index is 13.0. The number of nitrogens with one attached hydrogen (secondary N) is 2. The number of hydrogen-bond acceptors (Lipinski definition) is 6. The Labute approximate surface area is 155 Å². The molecular weight excluding hydrogens is 381 g/mol. The molecule has 3 amide bonds. The van der Waals surface area contributed by atoms with Crippen LogP contribution in [0.3, 0.4) is 0 Å². The number of nitrogens with zero attached hydrogens (tertiary/aromatic N) is 1. The maximum Gasteiger partial charge on any atom is 0.324 e. The molecule has 11 heteroatoms. The van der Waals surface area contributed by atoms with E-state index in [9.17, 15) is 27.2 Å². The third kappa shape index (κ3) is 5.23. The van der Waals surface area contributed by atoms with Gasteiger partial charge in [-0.2, -0.15) is 4.31 Å². The van der Waals surface area contributed by atoms with Crippen LogP contribution in [0.1, 0.15) is 19.8 Å². The zero-order valence-corrected chi connectivity index (χ0v) is 15.4. The van der Waals surface area contributed by atoms with Crippen molar-refractivity contribution in [3.05, 3.63) is 30.1 Å². The summed E-state index contributed by atoms with van der Waals surface area (Å²) in [5.41, 5.74) is 0. The van der Waals surface area contributed by atoms with Crippen LogP contribution >= 0.6 is 0 Å². The lowest BCUT2D eigenvalue weighted by molar-refractivity contribution is -0.151. The van der Waals surface area contributed by atoms with Crippen LogP contribution in [-0.4, -0.2) is 56.4 Å². The second-order valence-corrected chi connectivity index (χ2v) is 7.63. The molecule has 0 aliphatic carbocycles. The predicted molar refractivity (Wildman–Crippen MR) is 91.5 cm³/mol. The first-order chi connectivity index (χ1) is 12.8. The molecule has 1 aromatic carbocycles. The lowest BCUT2D eigenvalue weighted by Gasteiger charge is -2.22. The molecule has 2 N–H and O–H groups in total. The van der Waals surface area contributed by atoms with Crippen molar-refractivity contribution in [2.45, 2.75) is 30.7 Å². The molecule has 1 atom stereocenters. The Balaban J connectivity index is 2.00. The van der Waals surface area contributed by atoms with Gasteiger partial charge in [-0.25, -0.2) is 17.6 Å². The number of sulfonamides is 1. The maximum atomic E-state index is 13.0. The largest absolute Gasteiger partial charge is 0.454 e. The van der Waals surface area contributed by atoms with Gasteiger partial charge in [-0.15, -0.1) is 0 Å². The smallest absolute Gasteiger partial charge is 0.324 e. The number of carbonyl (C=O) groups excluding carboxylic acids is 3. The molecule has 1 aliphatic heterocycles. The Morgan fingerprint density at radius 3 is 2.56 bits per heavy atom. The van der Waals surface area contributed by atoms with Gasteiger partial charge < -0.3 is 10.1 Å². The highest BCUT2D eigenvalue weighted by molar-refractivity contribution is 7.89. The highest BCUT2D eigenvalue weighted by Gasteiger charge is 2.40. The molecule has 1 heterocycles. The summed E-state index contributed by atoms with van der Waals surface area (Å²) < 4.78 is 44.2. The first-order valence-corrected chi connectivity index (χ1v) is 9.71. The van der Waals surface area contributed by atoms with Gasteiger partial charge in [-0.3, -0.25) is 14.9 Å². The summed E-state index contributed by atoms with van der Waals surface area (Å²) in [7, 11) is -4.01. The normalized spacial score (nSPS) is 17.3. The van der Waals surface area contributed by atoms with E-state index in [1.165, 1.54) is 0 Å². The standard InChI is InChI=1S/C16H20FN3O6S/c1-2-18-16(23)19-14(21)10-26-15(22)13-4-3-9-20(13)27(24,25)12-7-5-11(17)6-8-12/h5-8,13H,2-4,9-10H2,1H3,(H2,18,19,21,23)/t13-/m0/s1. The van der Waals surface area contributed by atoms with Crippen LogP contribution in [0.2, 0.25) is 0 Å². The first-order valence-electron chi connectivity index (χ1n) is 8.27. The zero-order valence-electron chi connectivity index (χ0n) is 14.6. The summed E-state index contributed by atoms with van der Waals surface area (Å²) in [6.45, 7) is 1.37. The molecule has 0 radical (unpaired) electrons. The second kappa shape index (κ2) is 8.91.